The summed E-state index contributed by atoms with van der Waals surface area (Å²) in [7, 11) is 2.06. The topological polar surface area (TPSA) is 33.1 Å². The fourth-order valence-electron chi connectivity index (χ4n) is 3.98. The summed E-state index contributed by atoms with van der Waals surface area (Å²) in [5, 5.41) is 4.23. The van der Waals surface area contributed by atoms with Gasteiger partial charge in [-0.2, -0.15) is 0 Å². The normalized spacial score (nSPS) is 19.4. The number of hydrogen-bond acceptors (Lipinski definition) is 2. The fourth-order valence-corrected chi connectivity index (χ4v) is 4.22. The van der Waals surface area contributed by atoms with E-state index in [2.05, 4.69) is 83.1 Å². The number of nitrogens with zero attached hydrogens (tertiary/aromatic N) is 3. The van der Waals surface area contributed by atoms with Crippen LogP contribution in [-0.4, -0.2) is 26.6 Å². The number of rotatable bonds is 4. The van der Waals surface area contributed by atoms with Crippen molar-refractivity contribution in [3.63, 3.8) is 0 Å². The van der Waals surface area contributed by atoms with E-state index in [0.717, 1.165) is 17.4 Å². The monoisotopic (exact) mass is 376 g/mol. The second kappa shape index (κ2) is 7.16. The summed E-state index contributed by atoms with van der Waals surface area (Å²) in [4.78, 5) is 6.73. The molecule has 2 atom stereocenters. The van der Waals surface area contributed by atoms with E-state index in [9.17, 15) is 0 Å². The van der Waals surface area contributed by atoms with Crippen LogP contribution in [0.2, 0.25) is 0 Å². The third-order valence-electron chi connectivity index (χ3n) is 5.45. The molecule has 0 bridgehead atoms. The molecule has 27 heavy (non-hydrogen) atoms. The molecule has 4 nitrogen and oxygen atoms in total. The highest BCUT2D eigenvalue weighted by atomic mass is 32.1. The molecule has 2 aromatic heterocycles. The summed E-state index contributed by atoms with van der Waals surface area (Å²) in [6, 6.07) is 19.1. The maximum absolute atomic E-state index is 5.56. The Morgan fingerprint density at radius 2 is 1.81 bits per heavy atom. The summed E-state index contributed by atoms with van der Waals surface area (Å²) in [5.41, 5.74) is 6.16. The Hall–Kier alpha value is -2.66. The van der Waals surface area contributed by atoms with E-state index in [4.69, 9.17) is 12.2 Å². The number of aromatic nitrogens is 2. The van der Waals surface area contributed by atoms with Gasteiger partial charge in [-0.1, -0.05) is 36.4 Å². The molecule has 5 heteroatoms. The number of likely N-dealkylation sites (N-methyl/N-ethyl adjacent to an activating group) is 1. The molecule has 0 unspecified atom stereocenters. The van der Waals surface area contributed by atoms with Crippen molar-refractivity contribution >= 4 is 17.3 Å². The lowest BCUT2D eigenvalue weighted by Crippen LogP contribution is -2.25. The van der Waals surface area contributed by atoms with Crippen LogP contribution >= 0.6 is 12.2 Å². The number of thiocarbonyl (C=S) groups is 1. The van der Waals surface area contributed by atoms with Crippen LogP contribution in [0.4, 0.5) is 0 Å². The van der Waals surface area contributed by atoms with Gasteiger partial charge in [0.2, 0.25) is 0 Å². The van der Waals surface area contributed by atoms with Crippen LogP contribution in [0.5, 0.6) is 0 Å². The van der Waals surface area contributed by atoms with Crippen LogP contribution < -0.4 is 5.32 Å². The van der Waals surface area contributed by atoms with Crippen molar-refractivity contribution < 1.29 is 0 Å². The molecule has 0 spiro atoms. The van der Waals surface area contributed by atoms with E-state index >= 15 is 0 Å². The first-order valence-electron chi connectivity index (χ1n) is 9.21. The Morgan fingerprint density at radius 3 is 2.52 bits per heavy atom. The van der Waals surface area contributed by atoms with Gasteiger partial charge in [-0.25, -0.2) is 0 Å². The Kier molecular flexibility index (Phi) is 4.70. The van der Waals surface area contributed by atoms with Gasteiger partial charge in [0.1, 0.15) is 0 Å². The molecule has 1 fully saturated rings. The Balaban J connectivity index is 1.73. The number of nitrogens with one attached hydrogen (secondary N) is 1. The molecule has 138 valence electrons. The first kappa shape index (κ1) is 17.7. The SMILES string of the molecule is Cc1cc([C@@H]2[C@H](c3ccccn3)NC(=S)N2C)c(C)n1Cc1ccccc1. The third kappa shape index (κ3) is 3.23. The summed E-state index contributed by atoms with van der Waals surface area (Å²) in [6.45, 7) is 5.26. The standard InChI is InChI=1S/C22H24N4S/c1-15-13-18(16(2)26(15)14-17-9-5-4-6-10-17)21-20(24-22(27)25(21)3)19-11-7-8-12-23-19/h4-13,20-21H,14H2,1-3H3,(H,24,27)/t20-,21+/m0/s1. The average Bonchev–Trinajstić information content (AvgIpc) is 3.13. The molecule has 1 N–H and O–H groups in total. The van der Waals surface area contributed by atoms with Gasteiger partial charge in [-0.05, 0) is 55.4 Å². The van der Waals surface area contributed by atoms with Crippen molar-refractivity contribution in [1.82, 2.24) is 19.8 Å². The highest BCUT2D eigenvalue weighted by molar-refractivity contribution is 7.80. The van der Waals surface area contributed by atoms with E-state index in [1.165, 1.54) is 22.5 Å². The van der Waals surface area contributed by atoms with Gasteiger partial charge >= 0.3 is 0 Å². The summed E-state index contributed by atoms with van der Waals surface area (Å²) < 4.78 is 2.38. The van der Waals surface area contributed by atoms with E-state index in [1.54, 1.807) is 0 Å². The zero-order valence-corrected chi connectivity index (χ0v) is 16.7. The minimum Gasteiger partial charge on any atom is -0.352 e. The molecular weight excluding hydrogens is 352 g/mol. The molecule has 1 aliphatic rings. The highest BCUT2D eigenvalue weighted by Gasteiger charge is 2.39. The zero-order valence-electron chi connectivity index (χ0n) is 15.9. The molecular formula is C22H24N4S. The fraction of sp³-hybridized carbons (Fsp3) is 0.273. The molecule has 0 amide bonds. The van der Waals surface area contributed by atoms with Crippen molar-refractivity contribution in [2.75, 3.05) is 7.05 Å². The Bertz CT molecular complexity index is 949. The second-order valence-electron chi connectivity index (χ2n) is 7.14. The molecule has 0 radical (unpaired) electrons. The minimum atomic E-state index is 0.0503. The van der Waals surface area contributed by atoms with Crippen LogP contribution in [0.15, 0.2) is 60.8 Å². The second-order valence-corrected chi connectivity index (χ2v) is 7.52. The van der Waals surface area contributed by atoms with Gasteiger partial charge in [-0.15, -0.1) is 0 Å². The van der Waals surface area contributed by atoms with Crippen LogP contribution in [0, 0.1) is 13.8 Å². The van der Waals surface area contributed by atoms with Crippen LogP contribution in [0.25, 0.3) is 0 Å². The van der Waals surface area contributed by atoms with Crippen LogP contribution in [0.1, 0.15) is 40.3 Å². The first-order chi connectivity index (χ1) is 13.1. The number of benzene rings is 1. The number of aryl methyl sites for hydroxylation is 1. The molecule has 1 aromatic carbocycles. The molecule has 3 aromatic rings. The van der Waals surface area contributed by atoms with Crippen molar-refractivity contribution in [2.24, 2.45) is 0 Å². The van der Waals surface area contributed by atoms with Gasteiger partial charge < -0.3 is 14.8 Å². The maximum atomic E-state index is 5.56. The Labute approximate surface area is 165 Å². The lowest BCUT2D eigenvalue weighted by atomic mass is 9.97. The van der Waals surface area contributed by atoms with Gasteiger partial charge in [0.25, 0.3) is 0 Å². The molecule has 1 aliphatic heterocycles. The first-order valence-corrected chi connectivity index (χ1v) is 9.62. The molecule has 1 saturated heterocycles. The van der Waals surface area contributed by atoms with Gasteiger partial charge in [0.15, 0.2) is 5.11 Å². The van der Waals surface area contributed by atoms with E-state index in [0.29, 0.717) is 0 Å². The third-order valence-corrected chi connectivity index (χ3v) is 5.86. The Morgan fingerprint density at radius 1 is 1.07 bits per heavy atom. The summed E-state index contributed by atoms with van der Waals surface area (Å²) >= 11 is 5.56. The lowest BCUT2D eigenvalue weighted by Gasteiger charge is -2.24. The van der Waals surface area contributed by atoms with Gasteiger partial charge in [0.05, 0.1) is 17.8 Å². The van der Waals surface area contributed by atoms with Crippen molar-refractivity contribution in [3.8, 4) is 0 Å². The maximum Gasteiger partial charge on any atom is 0.169 e. The molecule has 3 heterocycles. The average molecular weight is 377 g/mol. The predicted molar refractivity (Wildman–Crippen MR) is 113 cm³/mol. The van der Waals surface area contributed by atoms with E-state index in [-0.39, 0.29) is 12.1 Å². The zero-order chi connectivity index (χ0) is 19.0. The number of pyridine rings is 1. The highest BCUT2D eigenvalue weighted by Crippen LogP contribution is 2.39. The number of hydrogen-bond donors (Lipinski definition) is 1. The molecule has 0 saturated carbocycles. The van der Waals surface area contributed by atoms with Gasteiger partial charge in [0, 0.05) is 31.2 Å². The summed E-state index contributed by atoms with van der Waals surface area (Å²) in [6.07, 6.45) is 1.84. The van der Waals surface area contributed by atoms with Crippen molar-refractivity contribution in [3.05, 3.63) is 89.0 Å². The molecule has 4 rings (SSSR count). The van der Waals surface area contributed by atoms with Crippen LogP contribution in [-0.2, 0) is 6.54 Å². The van der Waals surface area contributed by atoms with Crippen molar-refractivity contribution in [1.29, 1.82) is 0 Å². The molecule has 0 aliphatic carbocycles. The predicted octanol–water partition coefficient (Wildman–Crippen LogP) is 4.15. The smallest absolute Gasteiger partial charge is 0.169 e. The largest absolute Gasteiger partial charge is 0.352 e. The van der Waals surface area contributed by atoms with Crippen LogP contribution in [0.3, 0.4) is 0 Å². The lowest BCUT2D eigenvalue weighted by molar-refractivity contribution is 0.366. The summed E-state index contributed by atoms with van der Waals surface area (Å²) in [5.74, 6) is 0. The van der Waals surface area contributed by atoms with Gasteiger partial charge in [-0.3, -0.25) is 4.98 Å². The minimum absolute atomic E-state index is 0.0503. The van der Waals surface area contributed by atoms with E-state index < -0.39 is 0 Å². The van der Waals surface area contributed by atoms with Crippen molar-refractivity contribution in [2.45, 2.75) is 32.5 Å². The quantitative estimate of drug-likeness (QED) is 0.694. The van der Waals surface area contributed by atoms with E-state index in [1.807, 2.05) is 18.3 Å².